The second kappa shape index (κ2) is 8.48. The maximum Gasteiger partial charge on any atom is 0.251 e. The first-order chi connectivity index (χ1) is 13.8. The number of hydrogen-bond donors (Lipinski definition) is 2. The highest BCUT2D eigenvalue weighted by Crippen LogP contribution is 2.31. The van der Waals surface area contributed by atoms with Crippen molar-refractivity contribution >= 4 is 17.5 Å². The van der Waals surface area contributed by atoms with Crippen molar-refractivity contribution in [3.8, 4) is 22.6 Å². The Balaban J connectivity index is 2.05. The predicted octanol–water partition coefficient (Wildman–Crippen LogP) is 3.70. The monoisotopic (exact) mass is 418 g/mol. The van der Waals surface area contributed by atoms with Gasteiger partial charge in [0.05, 0.1) is 22.5 Å². The molecule has 0 saturated heterocycles. The van der Waals surface area contributed by atoms with E-state index in [1.807, 2.05) is 0 Å². The van der Waals surface area contributed by atoms with Gasteiger partial charge in [-0.05, 0) is 12.1 Å². The Labute approximate surface area is 170 Å². The molecule has 0 unspecified atom stereocenters. The minimum absolute atomic E-state index is 0.0269. The van der Waals surface area contributed by atoms with Crippen molar-refractivity contribution in [2.24, 2.45) is 5.92 Å². The lowest BCUT2D eigenvalue weighted by Gasteiger charge is -2.12. The SMILES string of the molecule is CC(C)C(=O)NCc1ccc(Cl)c(-c2nc(-c3cncc(F)c3)cc(=O)[nH]2)c1F. The molecule has 0 aliphatic carbocycles. The predicted molar refractivity (Wildman–Crippen MR) is 105 cm³/mol. The van der Waals surface area contributed by atoms with Gasteiger partial charge >= 0.3 is 0 Å². The van der Waals surface area contributed by atoms with Crippen LogP contribution >= 0.6 is 11.6 Å². The number of carbonyl (C=O) groups excluding carboxylic acids is 1. The van der Waals surface area contributed by atoms with Gasteiger partial charge in [0.15, 0.2) is 0 Å². The molecule has 2 heterocycles. The van der Waals surface area contributed by atoms with Crippen molar-refractivity contribution in [3.63, 3.8) is 0 Å². The van der Waals surface area contributed by atoms with E-state index in [-0.39, 0.29) is 51.6 Å². The van der Waals surface area contributed by atoms with Crippen LogP contribution in [0.2, 0.25) is 5.02 Å². The van der Waals surface area contributed by atoms with Crippen LogP contribution in [-0.4, -0.2) is 20.9 Å². The van der Waals surface area contributed by atoms with Crippen molar-refractivity contribution in [3.05, 3.63) is 69.2 Å². The van der Waals surface area contributed by atoms with E-state index in [0.717, 1.165) is 18.3 Å². The number of nitrogens with zero attached hydrogens (tertiary/aromatic N) is 2. The van der Waals surface area contributed by atoms with Crippen LogP contribution < -0.4 is 10.9 Å². The van der Waals surface area contributed by atoms with Crippen LogP contribution in [0.4, 0.5) is 8.78 Å². The van der Waals surface area contributed by atoms with Crippen LogP contribution in [0.1, 0.15) is 19.4 Å². The van der Waals surface area contributed by atoms with Gasteiger partial charge < -0.3 is 10.3 Å². The molecule has 0 aliphatic heterocycles. The lowest BCUT2D eigenvalue weighted by atomic mass is 10.1. The van der Waals surface area contributed by atoms with Crippen LogP contribution in [0.5, 0.6) is 0 Å². The first-order valence-corrected chi connectivity index (χ1v) is 9.11. The molecule has 3 aromatic rings. The number of benzene rings is 1. The minimum Gasteiger partial charge on any atom is -0.352 e. The third-order valence-electron chi connectivity index (χ3n) is 4.13. The zero-order valence-electron chi connectivity index (χ0n) is 15.6. The third kappa shape index (κ3) is 4.65. The summed E-state index contributed by atoms with van der Waals surface area (Å²) in [5, 5.41) is 2.65. The van der Waals surface area contributed by atoms with Crippen LogP contribution in [0.25, 0.3) is 22.6 Å². The van der Waals surface area contributed by atoms with Crippen LogP contribution in [0, 0.1) is 17.6 Å². The Kier molecular flexibility index (Phi) is 6.03. The summed E-state index contributed by atoms with van der Waals surface area (Å²) in [6, 6.07) is 5.21. The summed E-state index contributed by atoms with van der Waals surface area (Å²) < 4.78 is 28.6. The number of halogens is 3. The second-order valence-electron chi connectivity index (χ2n) is 6.64. The van der Waals surface area contributed by atoms with Crippen molar-refractivity contribution < 1.29 is 13.6 Å². The first-order valence-electron chi connectivity index (χ1n) is 8.73. The molecule has 6 nitrogen and oxygen atoms in total. The van der Waals surface area contributed by atoms with E-state index in [2.05, 4.69) is 20.3 Å². The number of carbonyl (C=O) groups is 1. The molecule has 0 spiro atoms. The summed E-state index contributed by atoms with van der Waals surface area (Å²) in [6.45, 7) is 3.39. The Bertz CT molecular complexity index is 1130. The molecule has 0 fully saturated rings. The van der Waals surface area contributed by atoms with Gasteiger partial charge in [0, 0.05) is 35.9 Å². The van der Waals surface area contributed by atoms with Gasteiger partial charge in [0.1, 0.15) is 17.5 Å². The van der Waals surface area contributed by atoms with E-state index in [4.69, 9.17) is 11.6 Å². The number of nitrogens with one attached hydrogen (secondary N) is 2. The van der Waals surface area contributed by atoms with Gasteiger partial charge in [-0.3, -0.25) is 14.6 Å². The normalized spacial score (nSPS) is 11.0. The summed E-state index contributed by atoms with van der Waals surface area (Å²) in [5.41, 5.74) is -0.132. The molecule has 3 rings (SSSR count). The molecular formula is C20H17ClF2N4O2. The molecule has 2 aromatic heterocycles. The highest BCUT2D eigenvalue weighted by molar-refractivity contribution is 6.33. The summed E-state index contributed by atoms with van der Waals surface area (Å²) in [7, 11) is 0. The lowest BCUT2D eigenvalue weighted by Crippen LogP contribution is -2.27. The van der Waals surface area contributed by atoms with Gasteiger partial charge in [0.25, 0.3) is 5.56 Å². The van der Waals surface area contributed by atoms with Crippen LogP contribution in [0.3, 0.4) is 0 Å². The Morgan fingerprint density at radius 1 is 1.24 bits per heavy atom. The number of aromatic amines is 1. The van der Waals surface area contributed by atoms with Gasteiger partial charge in [-0.2, -0.15) is 0 Å². The third-order valence-corrected chi connectivity index (χ3v) is 4.44. The van der Waals surface area contributed by atoms with E-state index in [1.54, 1.807) is 13.8 Å². The van der Waals surface area contributed by atoms with Crippen molar-refractivity contribution in [1.82, 2.24) is 20.3 Å². The van der Waals surface area contributed by atoms with Gasteiger partial charge in [0.2, 0.25) is 5.91 Å². The molecule has 9 heteroatoms. The summed E-state index contributed by atoms with van der Waals surface area (Å²) in [6.07, 6.45) is 2.35. The molecule has 150 valence electrons. The maximum absolute atomic E-state index is 15.1. The number of pyridine rings is 1. The van der Waals surface area contributed by atoms with Crippen molar-refractivity contribution in [2.45, 2.75) is 20.4 Å². The topological polar surface area (TPSA) is 87.7 Å². The number of amides is 1. The summed E-state index contributed by atoms with van der Waals surface area (Å²) in [5.74, 6) is -1.92. The Morgan fingerprint density at radius 2 is 2.00 bits per heavy atom. The van der Waals surface area contributed by atoms with Gasteiger partial charge in [-0.15, -0.1) is 0 Å². The molecule has 0 saturated carbocycles. The average molecular weight is 419 g/mol. The molecule has 0 aliphatic rings. The molecule has 0 bridgehead atoms. The minimum atomic E-state index is -0.723. The van der Waals surface area contributed by atoms with Crippen LogP contribution in [0.15, 0.2) is 41.5 Å². The number of aromatic nitrogens is 3. The van der Waals surface area contributed by atoms with Gasteiger partial charge in [-0.25, -0.2) is 13.8 Å². The Hall–Kier alpha value is -3.13. The fourth-order valence-corrected chi connectivity index (χ4v) is 2.85. The van der Waals surface area contributed by atoms with E-state index < -0.39 is 17.2 Å². The number of rotatable bonds is 5. The van der Waals surface area contributed by atoms with Crippen molar-refractivity contribution in [1.29, 1.82) is 0 Å². The van der Waals surface area contributed by atoms with E-state index in [9.17, 15) is 14.0 Å². The first kappa shape index (κ1) is 20.6. The van der Waals surface area contributed by atoms with Gasteiger partial charge in [-0.1, -0.05) is 31.5 Å². The largest absolute Gasteiger partial charge is 0.352 e. The summed E-state index contributed by atoms with van der Waals surface area (Å²) >= 11 is 6.16. The van der Waals surface area contributed by atoms with E-state index >= 15 is 4.39 Å². The molecule has 0 radical (unpaired) electrons. The van der Waals surface area contributed by atoms with Crippen LogP contribution in [-0.2, 0) is 11.3 Å². The molecule has 1 amide bonds. The smallest absolute Gasteiger partial charge is 0.251 e. The average Bonchev–Trinajstić information content (AvgIpc) is 2.66. The highest BCUT2D eigenvalue weighted by Gasteiger charge is 2.18. The zero-order valence-corrected chi connectivity index (χ0v) is 16.3. The standard InChI is InChI=1S/C20H17ClF2N4O2/c1-10(2)20(29)25-8-11-3-4-14(21)17(18(11)23)19-26-15(6-16(28)27-19)12-5-13(22)9-24-7-12/h3-7,9-10H,8H2,1-2H3,(H,25,29)(H,26,27,28). The molecule has 0 atom stereocenters. The number of H-pyrrole nitrogens is 1. The molecule has 2 N–H and O–H groups in total. The van der Waals surface area contributed by atoms with Crippen molar-refractivity contribution in [2.75, 3.05) is 0 Å². The molecule has 29 heavy (non-hydrogen) atoms. The number of hydrogen-bond acceptors (Lipinski definition) is 4. The Morgan fingerprint density at radius 3 is 2.69 bits per heavy atom. The quantitative estimate of drug-likeness (QED) is 0.661. The molecule has 1 aromatic carbocycles. The fraction of sp³-hybridized carbons (Fsp3) is 0.200. The highest BCUT2D eigenvalue weighted by atomic mass is 35.5. The lowest BCUT2D eigenvalue weighted by molar-refractivity contribution is -0.124. The maximum atomic E-state index is 15.1. The summed E-state index contributed by atoms with van der Waals surface area (Å²) in [4.78, 5) is 34.3. The second-order valence-corrected chi connectivity index (χ2v) is 7.05. The van der Waals surface area contributed by atoms with E-state index in [1.165, 1.54) is 18.3 Å². The fourth-order valence-electron chi connectivity index (χ4n) is 2.61. The van der Waals surface area contributed by atoms with E-state index in [0.29, 0.717) is 0 Å². The molecular weight excluding hydrogens is 402 g/mol. The zero-order chi connectivity index (χ0) is 21.1.